The summed E-state index contributed by atoms with van der Waals surface area (Å²) in [5.74, 6) is 0.0886. The summed E-state index contributed by atoms with van der Waals surface area (Å²) in [5.41, 5.74) is 3.71. The Bertz CT molecular complexity index is 1250. The molecule has 28 heavy (non-hydrogen) atoms. The molecule has 2 heterocycles. The highest BCUT2D eigenvalue weighted by atomic mass is 79.9. The molecule has 4 aromatic rings. The Morgan fingerprint density at radius 3 is 2.57 bits per heavy atom. The standard InChI is InChI=1S/C22H17BrN2O3/c1-14-21(16-6-8-17(26)9-7-16)24-11-3-2-4-20(24)25(22(14)28)13-15-5-10-19(27)18(23)12-15/h2-12H,13H2,1H3,(H-,26,27,28). The molecule has 0 bridgehead atoms. The van der Waals surface area contributed by atoms with Crippen LogP contribution in [0.25, 0.3) is 16.9 Å². The maximum Gasteiger partial charge on any atom is 0.341 e. The first-order valence-corrected chi connectivity index (χ1v) is 9.53. The van der Waals surface area contributed by atoms with Gasteiger partial charge in [-0.2, -0.15) is 8.97 Å². The highest BCUT2D eigenvalue weighted by Gasteiger charge is 2.22. The largest absolute Gasteiger partial charge is 0.872 e. The van der Waals surface area contributed by atoms with Crippen molar-refractivity contribution in [3.63, 3.8) is 0 Å². The molecule has 1 N–H and O–H groups in total. The summed E-state index contributed by atoms with van der Waals surface area (Å²) >= 11 is 3.32. The number of aromatic hydroxyl groups is 1. The summed E-state index contributed by atoms with van der Waals surface area (Å²) in [7, 11) is 0. The molecular formula is C22H17BrN2O3. The van der Waals surface area contributed by atoms with Gasteiger partial charge in [0.15, 0.2) is 5.69 Å². The van der Waals surface area contributed by atoms with E-state index < -0.39 is 0 Å². The Morgan fingerprint density at radius 2 is 1.86 bits per heavy atom. The van der Waals surface area contributed by atoms with Crippen LogP contribution in [-0.2, 0) is 6.54 Å². The number of benzene rings is 2. The number of halogens is 1. The Balaban J connectivity index is 1.95. The lowest BCUT2D eigenvalue weighted by atomic mass is 10.1. The molecule has 4 rings (SSSR count). The van der Waals surface area contributed by atoms with Crippen LogP contribution in [0.1, 0.15) is 11.1 Å². The second kappa shape index (κ2) is 7.13. The molecule has 2 aromatic heterocycles. The van der Waals surface area contributed by atoms with Crippen molar-refractivity contribution in [2.24, 2.45) is 0 Å². The summed E-state index contributed by atoms with van der Waals surface area (Å²) in [4.78, 5) is 13.2. The van der Waals surface area contributed by atoms with Crippen molar-refractivity contribution in [3.8, 4) is 22.8 Å². The van der Waals surface area contributed by atoms with Gasteiger partial charge >= 0.3 is 5.56 Å². The van der Waals surface area contributed by atoms with E-state index in [1.165, 1.54) is 12.1 Å². The van der Waals surface area contributed by atoms with Gasteiger partial charge in [0.05, 0.1) is 16.2 Å². The van der Waals surface area contributed by atoms with E-state index in [-0.39, 0.29) is 17.1 Å². The number of hydrogen-bond acceptors (Lipinski definition) is 3. The lowest BCUT2D eigenvalue weighted by Crippen LogP contribution is -2.38. The van der Waals surface area contributed by atoms with Gasteiger partial charge in [0.1, 0.15) is 12.3 Å². The predicted octanol–water partition coefficient (Wildman–Crippen LogP) is 3.15. The molecule has 0 atom stereocenters. The molecule has 0 aliphatic carbocycles. The number of hydrogen-bond donors (Lipinski definition) is 1. The third kappa shape index (κ3) is 3.16. The van der Waals surface area contributed by atoms with E-state index in [0.29, 0.717) is 16.6 Å². The third-order valence-electron chi connectivity index (χ3n) is 4.76. The van der Waals surface area contributed by atoms with Gasteiger partial charge < -0.3 is 10.2 Å². The third-order valence-corrected chi connectivity index (χ3v) is 5.39. The molecule has 0 aliphatic rings. The van der Waals surface area contributed by atoms with Crippen molar-refractivity contribution in [1.82, 2.24) is 4.57 Å². The highest BCUT2D eigenvalue weighted by molar-refractivity contribution is 9.10. The molecule has 5 nitrogen and oxygen atoms in total. The van der Waals surface area contributed by atoms with Gasteiger partial charge in [0, 0.05) is 11.6 Å². The summed E-state index contributed by atoms with van der Waals surface area (Å²) in [6, 6.07) is 17.4. The van der Waals surface area contributed by atoms with E-state index in [4.69, 9.17) is 0 Å². The summed E-state index contributed by atoms with van der Waals surface area (Å²) < 4.78 is 4.26. The number of rotatable bonds is 3. The Kier molecular flexibility index (Phi) is 4.65. The van der Waals surface area contributed by atoms with E-state index in [2.05, 4.69) is 15.9 Å². The van der Waals surface area contributed by atoms with Crippen LogP contribution in [0.4, 0.5) is 0 Å². The summed E-state index contributed by atoms with van der Waals surface area (Å²) in [6.07, 6.45) is 1.91. The second-order valence-electron chi connectivity index (χ2n) is 6.60. The maximum atomic E-state index is 13.2. The fourth-order valence-electron chi connectivity index (χ4n) is 3.38. The lowest BCUT2D eigenvalue weighted by Gasteiger charge is -2.12. The summed E-state index contributed by atoms with van der Waals surface area (Å²) in [5, 5.41) is 21.2. The van der Waals surface area contributed by atoms with Crippen LogP contribution in [0.5, 0.6) is 11.5 Å². The van der Waals surface area contributed by atoms with Crippen molar-refractivity contribution in [2.75, 3.05) is 0 Å². The SMILES string of the molecule is Cc1c(-c2ccc([O-])cc2)[n+]2ccccc2n(Cc2ccc(O)c(Br)c2)c1=O. The Labute approximate surface area is 169 Å². The Hall–Kier alpha value is -3.12. The van der Waals surface area contributed by atoms with Gasteiger partial charge in [-0.3, -0.25) is 0 Å². The van der Waals surface area contributed by atoms with E-state index in [1.54, 1.807) is 41.8 Å². The van der Waals surface area contributed by atoms with Crippen LogP contribution in [0.2, 0.25) is 0 Å². The van der Waals surface area contributed by atoms with Crippen LogP contribution in [0, 0.1) is 6.92 Å². The molecule has 6 heteroatoms. The van der Waals surface area contributed by atoms with Crippen LogP contribution in [0.15, 0.2) is 76.1 Å². The minimum atomic E-state index is -0.100. The monoisotopic (exact) mass is 436 g/mol. The number of nitrogens with zero attached hydrogens (tertiary/aromatic N) is 2. The normalized spacial score (nSPS) is 11.1. The van der Waals surface area contributed by atoms with Crippen LogP contribution in [0.3, 0.4) is 0 Å². The number of aromatic nitrogens is 2. The smallest absolute Gasteiger partial charge is 0.341 e. The molecule has 0 aliphatic heterocycles. The Morgan fingerprint density at radius 1 is 1.11 bits per heavy atom. The van der Waals surface area contributed by atoms with Gasteiger partial charge in [-0.05, 0) is 46.6 Å². The molecular weight excluding hydrogens is 420 g/mol. The highest BCUT2D eigenvalue weighted by Crippen LogP contribution is 2.25. The molecule has 0 saturated heterocycles. The molecule has 0 fully saturated rings. The van der Waals surface area contributed by atoms with Gasteiger partial charge in [-0.15, -0.1) is 5.75 Å². The molecule has 0 spiro atoms. The molecule has 0 amide bonds. The minimum absolute atomic E-state index is 0.0676. The van der Waals surface area contributed by atoms with Crippen LogP contribution < -0.4 is 15.1 Å². The van der Waals surface area contributed by atoms with E-state index in [9.17, 15) is 15.0 Å². The second-order valence-corrected chi connectivity index (χ2v) is 7.46. The maximum absolute atomic E-state index is 13.2. The number of pyridine rings is 1. The number of phenolic OH excluding ortho intramolecular Hbond substituents is 1. The molecule has 0 radical (unpaired) electrons. The van der Waals surface area contributed by atoms with Gasteiger partial charge in [-0.25, -0.2) is 4.79 Å². The van der Waals surface area contributed by atoms with E-state index >= 15 is 0 Å². The first kappa shape index (κ1) is 18.3. The molecule has 0 saturated carbocycles. The van der Waals surface area contributed by atoms with Crippen molar-refractivity contribution in [1.29, 1.82) is 0 Å². The van der Waals surface area contributed by atoms with Crippen molar-refractivity contribution >= 4 is 21.6 Å². The first-order chi connectivity index (χ1) is 13.5. The lowest BCUT2D eigenvalue weighted by molar-refractivity contribution is -0.504. The van der Waals surface area contributed by atoms with E-state index in [1.807, 2.05) is 28.8 Å². The van der Waals surface area contributed by atoms with E-state index in [0.717, 1.165) is 22.5 Å². The quantitative estimate of drug-likeness (QED) is 0.501. The minimum Gasteiger partial charge on any atom is -0.872 e. The van der Waals surface area contributed by atoms with Gasteiger partial charge in [-0.1, -0.05) is 36.4 Å². The zero-order valence-corrected chi connectivity index (χ0v) is 16.7. The first-order valence-electron chi connectivity index (χ1n) is 8.74. The average Bonchev–Trinajstić information content (AvgIpc) is 2.69. The van der Waals surface area contributed by atoms with Crippen molar-refractivity contribution < 1.29 is 14.6 Å². The molecule has 140 valence electrons. The molecule has 0 unspecified atom stereocenters. The van der Waals surface area contributed by atoms with Gasteiger partial charge in [0.2, 0.25) is 0 Å². The van der Waals surface area contributed by atoms with Crippen molar-refractivity contribution in [3.05, 3.63) is 92.8 Å². The van der Waals surface area contributed by atoms with Crippen molar-refractivity contribution in [2.45, 2.75) is 13.5 Å². The number of phenols is 1. The zero-order valence-electron chi connectivity index (χ0n) is 15.1. The predicted molar refractivity (Wildman–Crippen MR) is 108 cm³/mol. The van der Waals surface area contributed by atoms with Gasteiger partial charge in [0.25, 0.3) is 5.65 Å². The molecule has 2 aromatic carbocycles. The fourth-order valence-corrected chi connectivity index (χ4v) is 3.81. The summed E-state index contributed by atoms with van der Waals surface area (Å²) in [6.45, 7) is 2.16. The van der Waals surface area contributed by atoms with Crippen LogP contribution >= 0.6 is 15.9 Å². The van der Waals surface area contributed by atoms with Crippen LogP contribution in [-0.4, -0.2) is 9.67 Å². The number of fused-ring (bicyclic) bond motifs is 1. The fraction of sp³-hybridized carbons (Fsp3) is 0.0909. The zero-order chi connectivity index (χ0) is 19.8. The average molecular weight is 437 g/mol. The topological polar surface area (TPSA) is 69.4 Å².